The molecule has 18 heavy (non-hydrogen) atoms. The molecular weight excluding hydrogens is 232 g/mol. The van der Waals surface area contributed by atoms with E-state index in [0.717, 1.165) is 0 Å². The summed E-state index contributed by atoms with van der Waals surface area (Å²) < 4.78 is 10.4. The molecule has 0 spiro atoms. The number of carbonyl (C=O) groups excluding carboxylic acids is 1. The molecule has 0 heterocycles. The molecule has 1 aromatic rings. The molecule has 1 aromatic carbocycles. The fraction of sp³-hybridized carbons (Fsp3) is 0.500. The Hall–Kier alpha value is -1.55. The van der Waals surface area contributed by atoms with E-state index in [2.05, 4.69) is 4.74 Å². The third-order valence-electron chi connectivity index (χ3n) is 3.10. The highest BCUT2D eigenvalue weighted by atomic mass is 16.5. The van der Waals surface area contributed by atoms with Crippen LogP contribution in [-0.4, -0.2) is 29.4 Å². The number of rotatable bonds is 4. The SMILES string of the molecule is COC(=O)c1cccc(OC(C)(C)C(C)(C)O)c1. The van der Waals surface area contributed by atoms with Gasteiger partial charge >= 0.3 is 5.97 Å². The minimum absolute atomic E-state index is 0.415. The molecule has 100 valence electrons. The maximum Gasteiger partial charge on any atom is 0.337 e. The number of benzene rings is 1. The van der Waals surface area contributed by atoms with Gasteiger partial charge in [0.2, 0.25) is 0 Å². The largest absolute Gasteiger partial charge is 0.485 e. The van der Waals surface area contributed by atoms with Gasteiger partial charge in [-0.25, -0.2) is 4.79 Å². The molecule has 0 bridgehead atoms. The standard InChI is InChI=1S/C14H20O4/c1-13(2,16)14(3,4)18-11-8-6-7-10(9-11)12(15)17-5/h6-9,16H,1-5H3. The molecule has 0 aliphatic heterocycles. The first-order valence-electron chi connectivity index (χ1n) is 5.77. The molecule has 0 aliphatic rings. The lowest BCUT2D eigenvalue weighted by Crippen LogP contribution is -2.49. The van der Waals surface area contributed by atoms with E-state index in [9.17, 15) is 9.90 Å². The topological polar surface area (TPSA) is 55.8 Å². The number of methoxy groups -OCH3 is 1. The van der Waals surface area contributed by atoms with Gasteiger partial charge in [0.15, 0.2) is 0 Å². The van der Waals surface area contributed by atoms with E-state index in [1.165, 1.54) is 7.11 Å². The average molecular weight is 252 g/mol. The molecule has 0 fully saturated rings. The second kappa shape index (κ2) is 4.98. The molecule has 0 aromatic heterocycles. The van der Waals surface area contributed by atoms with Gasteiger partial charge in [-0.05, 0) is 45.9 Å². The Bertz CT molecular complexity index is 430. The van der Waals surface area contributed by atoms with Gasteiger partial charge < -0.3 is 14.6 Å². The van der Waals surface area contributed by atoms with E-state index in [1.807, 2.05) is 0 Å². The van der Waals surface area contributed by atoms with Crippen molar-refractivity contribution in [2.24, 2.45) is 0 Å². The molecule has 1 rings (SSSR count). The van der Waals surface area contributed by atoms with Crippen molar-refractivity contribution >= 4 is 5.97 Å². The fourth-order valence-electron chi connectivity index (χ4n) is 1.22. The third kappa shape index (κ3) is 3.23. The normalized spacial score (nSPS) is 12.1. The summed E-state index contributed by atoms with van der Waals surface area (Å²) in [6, 6.07) is 6.69. The van der Waals surface area contributed by atoms with Crippen molar-refractivity contribution in [3.8, 4) is 5.75 Å². The molecule has 0 saturated heterocycles. The van der Waals surface area contributed by atoms with Crippen LogP contribution in [0.1, 0.15) is 38.1 Å². The van der Waals surface area contributed by atoms with Crippen LogP contribution in [0.15, 0.2) is 24.3 Å². The predicted octanol–water partition coefficient (Wildman–Crippen LogP) is 2.40. The van der Waals surface area contributed by atoms with Crippen molar-refractivity contribution in [2.75, 3.05) is 7.11 Å². The van der Waals surface area contributed by atoms with Crippen molar-refractivity contribution in [1.29, 1.82) is 0 Å². The lowest BCUT2D eigenvalue weighted by molar-refractivity contribution is -0.0906. The highest BCUT2D eigenvalue weighted by Gasteiger charge is 2.37. The van der Waals surface area contributed by atoms with Crippen LogP contribution in [-0.2, 0) is 4.74 Å². The average Bonchev–Trinajstić information content (AvgIpc) is 2.26. The molecule has 0 atom stereocenters. The van der Waals surface area contributed by atoms with Gasteiger partial charge in [-0.2, -0.15) is 0 Å². The Morgan fingerprint density at radius 3 is 2.33 bits per heavy atom. The number of hydrogen-bond donors (Lipinski definition) is 1. The van der Waals surface area contributed by atoms with Crippen LogP contribution in [0.4, 0.5) is 0 Å². The predicted molar refractivity (Wildman–Crippen MR) is 68.8 cm³/mol. The van der Waals surface area contributed by atoms with E-state index in [0.29, 0.717) is 11.3 Å². The summed E-state index contributed by atoms with van der Waals surface area (Å²) in [5.41, 5.74) is -1.36. The van der Waals surface area contributed by atoms with Crippen LogP contribution in [0, 0.1) is 0 Å². The van der Waals surface area contributed by atoms with Gasteiger partial charge in [0.05, 0.1) is 18.3 Å². The monoisotopic (exact) mass is 252 g/mol. The summed E-state index contributed by atoms with van der Waals surface area (Å²) in [5.74, 6) is 0.103. The Morgan fingerprint density at radius 2 is 1.83 bits per heavy atom. The first kappa shape index (κ1) is 14.5. The quantitative estimate of drug-likeness (QED) is 0.836. The minimum atomic E-state index is -1.01. The van der Waals surface area contributed by atoms with E-state index in [1.54, 1.807) is 52.0 Å². The highest BCUT2D eigenvalue weighted by molar-refractivity contribution is 5.89. The molecular formula is C14H20O4. The molecule has 0 aliphatic carbocycles. The summed E-state index contributed by atoms with van der Waals surface area (Å²) in [4.78, 5) is 11.4. The zero-order valence-corrected chi connectivity index (χ0v) is 11.5. The Labute approximate surface area is 108 Å². The Kier molecular flexibility index (Phi) is 4.02. The third-order valence-corrected chi connectivity index (χ3v) is 3.10. The van der Waals surface area contributed by atoms with E-state index in [4.69, 9.17) is 4.74 Å². The maximum absolute atomic E-state index is 11.4. The van der Waals surface area contributed by atoms with Gasteiger partial charge in [-0.1, -0.05) is 6.07 Å². The van der Waals surface area contributed by atoms with Crippen LogP contribution in [0.3, 0.4) is 0 Å². The summed E-state index contributed by atoms with van der Waals surface area (Å²) in [7, 11) is 1.33. The van der Waals surface area contributed by atoms with Crippen molar-refractivity contribution < 1.29 is 19.4 Å². The van der Waals surface area contributed by atoms with Crippen molar-refractivity contribution in [1.82, 2.24) is 0 Å². The van der Waals surface area contributed by atoms with Crippen molar-refractivity contribution in [2.45, 2.75) is 38.9 Å². The first-order valence-corrected chi connectivity index (χ1v) is 5.77. The van der Waals surface area contributed by atoms with Gasteiger partial charge in [0.25, 0.3) is 0 Å². The first-order chi connectivity index (χ1) is 8.17. The summed E-state index contributed by atoms with van der Waals surface area (Å²) in [6.45, 7) is 6.93. The molecule has 0 saturated carbocycles. The molecule has 0 amide bonds. The fourth-order valence-corrected chi connectivity index (χ4v) is 1.22. The lowest BCUT2D eigenvalue weighted by Gasteiger charge is -2.37. The van der Waals surface area contributed by atoms with Gasteiger partial charge in [0.1, 0.15) is 11.4 Å². The summed E-state index contributed by atoms with van der Waals surface area (Å²) in [5, 5.41) is 10.0. The van der Waals surface area contributed by atoms with Crippen LogP contribution in [0.25, 0.3) is 0 Å². The number of ether oxygens (including phenoxy) is 2. The van der Waals surface area contributed by atoms with Crippen LogP contribution in [0.5, 0.6) is 5.75 Å². The zero-order valence-electron chi connectivity index (χ0n) is 11.5. The van der Waals surface area contributed by atoms with Gasteiger partial charge in [0, 0.05) is 0 Å². The second-order valence-corrected chi connectivity index (χ2v) is 5.19. The lowest BCUT2D eigenvalue weighted by atomic mass is 9.89. The second-order valence-electron chi connectivity index (χ2n) is 5.19. The van der Waals surface area contributed by atoms with Crippen molar-refractivity contribution in [3.63, 3.8) is 0 Å². The number of carbonyl (C=O) groups is 1. The Morgan fingerprint density at radius 1 is 1.22 bits per heavy atom. The molecule has 1 N–H and O–H groups in total. The van der Waals surface area contributed by atoms with Crippen LogP contribution < -0.4 is 4.74 Å². The van der Waals surface area contributed by atoms with Crippen molar-refractivity contribution in [3.05, 3.63) is 29.8 Å². The number of esters is 1. The van der Waals surface area contributed by atoms with Crippen LogP contribution in [0.2, 0.25) is 0 Å². The van der Waals surface area contributed by atoms with Gasteiger partial charge in [-0.3, -0.25) is 0 Å². The molecule has 0 radical (unpaired) electrons. The molecule has 4 nitrogen and oxygen atoms in total. The summed E-state index contributed by atoms with van der Waals surface area (Å²) in [6.07, 6.45) is 0. The Balaban J connectivity index is 2.96. The number of hydrogen-bond acceptors (Lipinski definition) is 4. The van der Waals surface area contributed by atoms with Gasteiger partial charge in [-0.15, -0.1) is 0 Å². The van der Waals surface area contributed by atoms with E-state index < -0.39 is 17.2 Å². The number of aliphatic hydroxyl groups is 1. The maximum atomic E-state index is 11.4. The molecule has 4 heteroatoms. The smallest absolute Gasteiger partial charge is 0.337 e. The highest BCUT2D eigenvalue weighted by Crippen LogP contribution is 2.28. The minimum Gasteiger partial charge on any atom is -0.485 e. The van der Waals surface area contributed by atoms with E-state index >= 15 is 0 Å². The summed E-state index contributed by atoms with van der Waals surface area (Å²) >= 11 is 0. The molecule has 0 unspecified atom stereocenters. The zero-order chi connectivity index (χ0) is 14.0. The van der Waals surface area contributed by atoms with E-state index in [-0.39, 0.29) is 0 Å². The van der Waals surface area contributed by atoms with Crippen LogP contribution >= 0.6 is 0 Å².